The molecule has 0 amide bonds. The first kappa shape index (κ1) is 13.2. The van der Waals surface area contributed by atoms with Gasteiger partial charge in [0, 0.05) is 6.42 Å². The zero-order valence-electron chi connectivity index (χ0n) is 10.2. The van der Waals surface area contributed by atoms with Crippen molar-refractivity contribution < 1.29 is 14.6 Å². The van der Waals surface area contributed by atoms with Crippen molar-refractivity contribution in [3.8, 4) is 5.75 Å². The molecule has 1 aliphatic carbocycles. The Labute approximate surface area is 112 Å². The number of aryl methyl sites for hydroxylation is 1. The van der Waals surface area contributed by atoms with Crippen LogP contribution < -0.4 is 4.74 Å². The number of rotatable bonds is 7. The van der Waals surface area contributed by atoms with Gasteiger partial charge in [-0.1, -0.05) is 23.7 Å². The summed E-state index contributed by atoms with van der Waals surface area (Å²) in [6.45, 7) is 0.734. The Bertz CT molecular complexity index is 427. The van der Waals surface area contributed by atoms with Crippen LogP contribution in [0.2, 0.25) is 5.02 Å². The number of ether oxygens (including phenoxy) is 1. The van der Waals surface area contributed by atoms with Gasteiger partial charge in [0.1, 0.15) is 5.75 Å². The maximum atomic E-state index is 10.5. The molecule has 0 spiro atoms. The Morgan fingerprint density at radius 3 is 2.89 bits per heavy atom. The van der Waals surface area contributed by atoms with Crippen molar-refractivity contribution in [3.63, 3.8) is 0 Å². The van der Waals surface area contributed by atoms with Crippen molar-refractivity contribution in [1.82, 2.24) is 0 Å². The van der Waals surface area contributed by atoms with Gasteiger partial charge in [0.25, 0.3) is 0 Å². The molecule has 3 nitrogen and oxygen atoms in total. The van der Waals surface area contributed by atoms with Crippen molar-refractivity contribution in [3.05, 3.63) is 28.8 Å². The van der Waals surface area contributed by atoms with E-state index in [9.17, 15) is 4.79 Å². The SMILES string of the molecule is O=C(O)CCCc1cccc(OCC2CC2)c1Cl. The minimum atomic E-state index is -0.771. The maximum absolute atomic E-state index is 10.5. The molecule has 1 fully saturated rings. The van der Waals surface area contributed by atoms with Crippen LogP contribution in [-0.2, 0) is 11.2 Å². The van der Waals surface area contributed by atoms with Crippen LogP contribution in [0.3, 0.4) is 0 Å². The summed E-state index contributed by atoms with van der Waals surface area (Å²) in [6, 6.07) is 5.70. The van der Waals surface area contributed by atoms with E-state index in [2.05, 4.69) is 0 Å². The first-order valence-corrected chi connectivity index (χ1v) is 6.66. The smallest absolute Gasteiger partial charge is 0.303 e. The molecule has 0 aliphatic heterocycles. The third-order valence-electron chi connectivity index (χ3n) is 3.05. The minimum Gasteiger partial charge on any atom is -0.492 e. The molecule has 0 aromatic heterocycles. The lowest BCUT2D eigenvalue weighted by molar-refractivity contribution is -0.137. The first-order valence-electron chi connectivity index (χ1n) is 6.29. The molecule has 1 aliphatic rings. The molecule has 2 rings (SSSR count). The highest BCUT2D eigenvalue weighted by Crippen LogP contribution is 2.33. The molecule has 0 heterocycles. The molecule has 18 heavy (non-hydrogen) atoms. The quantitative estimate of drug-likeness (QED) is 0.823. The van der Waals surface area contributed by atoms with Crippen molar-refractivity contribution in [1.29, 1.82) is 0 Å². The Morgan fingerprint density at radius 2 is 2.22 bits per heavy atom. The second-order valence-electron chi connectivity index (χ2n) is 4.73. The zero-order chi connectivity index (χ0) is 13.0. The lowest BCUT2D eigenvalue weighted by Gasteiger charge is -2.10. The van der Waals surface area contributed by atoms with E-state index in [0.29, 0.717) is 23.8 Å². The van der Waals surface area contributed by atoms with Gasteiger partial charge in [-0.25, -0.2) is 0 Å². The van der Waals surface area contributed by atoms with E-state index in [1.54, 1.807) is 0 Å². The van der Waals surface area contributed by atoms with E-state index in [1.165, 1.54) is 12.8 Å². The molecule has 98 valence electrons. The molecule has 4 heteroatoms. The van der Waals surface area contributed by atoms with Crippen LogP contribution in [-0.4, -0.2) is 17.7 Å². The number of hydrogen-bond acceptors (Lipinski definition) is 2. The van der Waals surface area contributed by atoms with Gasteiger partial charge in [-0.15, -0.1) is 0 Å². The average molecular weight is 269 g/mol. The van der Waals surface area contributed by atoms with Crippen LogP contribution in [0.1, 0.15) is 31.2 Å². The van der Waals surface area contributed by atoms with Crippen molar-refractivity contribution in [2.45, 2.75) is 32.1 Å². The Kier molecular flexibility index (Phi) is 4.48. The van der Waals surface area contributed by atoms with E-state index >= 15 is 0 Å². The van der Waals surface area contributed by atoms with Gasteiger partial charge in [-0.2, -0.15) is 0 Å². The second-order valence-corrected chi connectivity index (χ2v) is 5.11. The van der Waals surface area contributed by atoms with Crippen molar-refractivity contribution in [2.24, 2.45) is 5.92 Å². The standard InChI is InChI=1S/C14H17ClO3/c15-14-11(4-2-6-13(16)17)3-1-5-12(14)18-9-10-7-8-10/h1,3,5,10H,2,4,6-9H2,(H,16,17). The highest BCUT2D eigenvalue weighted by Gasteiger charge is 2.22. The Morgan fingerprint density at radius 1 is 1.44 bits per heavy atom. The summed E-state index contributed by atoms with van der Waals surface area (Å²) in [5, 5.41) is 9.24. The molecule has 0 bridgehead atoms. The average Bonchev–Trinajstić information content (AvgIpc) is 3.13. The number of hydrogen-bond donors (Lipinski definition) is 1. The fraction of sp³-hybridized carbons (Fsp3) is 0.500. The van der Waals surface area contributed by atoms with Crippen LogP contribution in [0.25, 0.3) is 0 Å². The van der Waals surface area contributed by atoms with Gasteiger partial charge < -0.3 is 9.84 Å². The monoisotopic (exact) mass is 268 g/mol. The summed E-state index contributed by atoms with van der Waals surface area (Å²) < 4.78 is 5.68. The van der Waals surface area contributed by atoms with Crippen LogP contribution in [0.5, 0.6) is 5.75 Å². The van der Waals surface area contributed by atoms with E-state index < -0.39 is 5.97 Å². The van der Waals surface area contributed by atoms with Crippen LogP contribution >= 0.6 is 11.6 Å². The third-order valence-corrected chi connectivity index (χ3v) is 3.48. The molecule has 1 aromatic carbocycles. The van der Waals surface area contributed by atoms with Gasteiger partial charge >= 0.3 is 5.97 Å². The van der Waals surface area contributed by atoms with E-state index in [-0.39, 0.29) is 6.42 Å². The largest absolute Gasteiger partial charge is 0.492 e. The summed E-state index contributed by atoms with van der Waals surface area (Å²) >= 11 is 6.26. The van der Waals surface area contributed by atoms with Crippen LogP contribution in [0, 0.1) is 5.92 Å². The normalized spacial score (nSPS) is 14.5. The fourth-order valence-electron chi connectivity index (χ4n) is 1.78. The fourth-order valence-corrected chi connectivity index (χ4v) is 2.06. The highest BCUT2D eigenvalue weighted by atomic mass is 35.5. The number of carboxylic acids is 1. The predicted molar refractivity (Wildman–Crippen MR) is 70.2 cm³/mol. The third kappa shape index (κ3) is 3.91. The zero-order valence-corrected chi connectivity index (χ0v) is 10.9. The maximum Gasteiger partial charge on any atom is 0.303 e. The van der Waals surface area contributed by atoms with Crippen molar-refractivity contribution >= 4 is 17.6 Å². The second kappa shape index (κ2) is 6.10. The van der Waals surface area contributed by atoms with Crippen LogP contribution in [0.4, 0.5) is 0 Å². The van der Waals surface area contributed by atoms with Gasteiger partial charge in [0.15, 0.2) is 0 Å². The molecule has 0 unspecified atom stereocenters. The molecular formula is C14H17ClO3. The topological polar surface area (TPSA) is 46.5 Å². The lowest BCUT2D eigenvalue weighted by atomic mass is 10.1. The van der Waals surface area contributed by atoms with Gasteiger partial charge in [-0.3, -0.25) is 4.79 Å². The number of benzene rings is 1. The molecule has 1 aromatic rings. The molecule has 1 N–H and O–H groups in total. The van der Waals surface area contributed by atoms with Crippen LogP contribution in [0.15, 0.2) is 18.2 Å². The molecule has 0 radical (unpaired) electrons. The molecule has 0 saturated heterocycles. The first-order chi connectivity index (χ1) is 8.66. The molecular weight excluding hydrogens is 252 g/mol. The lowest BCUT2D eigenvalue weighted by Crippen LogP contribution is -2.01. The minimum absolute atomic E-state index is 0.170. The van der Waals surface area contributed by atoms with Gasteiger partial charge in [0.2, 0.25) is 0 Å². The summed E-state index contributed by atoms with van der Waals surface area (Å²) in [5.74, 6) is 0.639. The van der Waals surface area contributed by atoms with Crippen molar-refractivity contribution in [2.75, 3.05) is 6.61 Å². The molecule has 1 saturated carbocycles. The van der Waals surface area contributed by atoms with E-state index in [4.69, 9.17) is 21.4 Å². The summed E-state index contributed by atoms with van der Waals surface area (Å²) in [7, 11) is 0. The predicted octanol–water partition coefficient (Wildman–Crippen LogP) is 3.54. The van der Waals surface area contributed by atoms with E-state index in [0.717, 1.165) is 17.9 Å². The number of halogens is 1. The summed E-state index contributed by atoms with van der Waals surface area (Å²) in [5.41, 5.74) is 0.964. The Balaban J connectivity index is 1.92. The number of carboxylic acid groups (broad SMARTS) is 1. The summed E-state index contributed by atoms with van der Waals surface area (Å²) in [6.07, 6.45) is 3.93. The highest BCUT2D eigenvalue weighted by molar-refractivity contribution is 6.32. The summed E-state index contributed by atoms with van der Waals surface area (Å²) in [4.78, 5) is 10.5. The number of aliphatic carboxylic acids is 1. The Hall–Kier alpha value is -1.22. The van der Waals surface area contributed by atoms with Gasteiger partial charge in [0.05, 0.1) is 11.6 Å². The number of carbonyl (C=O) groups is 1. The van der Waals surface area contributed by atoms with E-state index in [1.807, 2.05) is 18.2 Å². The van der Waals surface area contributed by atoms with Gasteiger partial charge in [-0.05, 0) is 43.2 Å². The molecule has 0 atom stereocenters.